The SMILES string of the molecule is CCOC(=O)NC(=O)COc1ccccc1CC(=O)O. The Bertz CT molecular complexity index is 499. The van der Waals surface area contributed by atoms with Gasteiger partial charge < -0.3 is 14.6 Å². The van der Waals surface area contributed by atoms with Crippen LogP contribution in [0.5, 0.6) is 5.75 Å². The quantitative estimate of drug-likeness (QED) is 0.805. The van der Waals surface area contributed by atoms with E-state index in [0.29, 0.717) is 5.56 Å². The molecule has 7 nitrogen and oxygen atoms in total. The fraction of sp³-hybridized carbons (Fsp3) is 0.308. The number of ether oxygens (including phenoxy) is 2. The number of nitrogens with one attached hydrogen (secondary N) is 1. The van der Waals surface area contributed by atoms with E-state index in [0.717, 1.165) is 0 Å². The van der Waals surface area contributed by atoms with Crippen molar-refractivity contribution in [3.63, 3.8) is 0 Å². The minimum absolute atomic E-state index is 0.154. The van der Waals surface area contributed by atoms with Crippen molar-refractivity contribution in [2.75, 3.05) is 13.2 Å². The summed E-state index contributed by atoms with van der Waals surface area (Å²) in [5.74, 6) is -1.39. The largest absolute Gasteiger partial charge is 0.483 e. The topological polar surface area (TPSA) is 102 Å². The Hall–Kier alpha value is -2.57. The van der Waals surface area contributed by atoms with E-state index in [9.17, 15) is 14.4 Å². The summed E-state index contributed by atoms with van der Waals surface area (Å²) in [7, 11) is 0. The highest BCUT2D eigenvalue weighted by atomic mass is 16.5. The number of aliphatic carboxylic acids is 1. The second kappa shape index (κ2) is 7.78. The predicted molar refractivity (Wildman–Crippen MR) is 68.4 cm³/mol. The molecule has 0 aliphatic carbocycles. The maximum absolute atomic E-state index is 11.4. The van der Waals surface area contributed by atoms with Crippen molar-refractivity contribution in [3.05, 3.63) is 29.8 Å². The van der Waals surface area contributed by atoms with Crippen LogP contribution in [0.15, 0.2) is 24.3 Å². The molecule has 20 heavy (non-hydrogen) atoms. The summed E-state index contributed by atoms with van der Waals surface area (Å²) in [4.78, 5) is 33.1. The van der Waals surface area contributed by atoms with Crippen LogP contribution < -0.4 is 10.1 Å². The Kier molecular flexibility index (Phi) is 6.02. The van der Waals surface area contributed by atoms with E-state index in [1.54, 1.807) is 31.2 Å². The van der Waals surface area contributed by atoms with Crippen LogP contribution in [0.4, 0.5) is 4.79 Å². The average Bonchev–Trinajstić information content (AvgIpc) is 2.37. The lowest BCUT2D eigenvalue weighted by Gasteiger charge is -2.10. The van der Waals surface area contributed by atoms with Gasteiger partial charge in [0, 0.05) is 5.56 Å². The third-order valence-corrected chi connectivity index (χ3v) is 2.19. The second-order valence-electron chi connectivity index (χ2n) is 3.74. The zero-order chi connectivity index (χ0) is 15.0. The number of carboxylic acid groups (broad SMARTS) is 1. The average molecular weight is 281 g/mol. The van der Waals surface area contributed by atoms with E-state index < -0.39 is 24.6 Å². The molecule has 0 unspecified atom stereocenters. The molecule has 0 aliphatic rings. The van der Waals surface area contributed by atoms with Gasteiger partial charge in [-0.1, -0.05) is 18.2 Å². The molecular formula is C13H15NO6. The molecule has 2 amide bonds. The molecule has 0 aromatic heterocycles. The number of hydrogen-bond donors (Lipinski definition) is 2. The van der Waals surface area contributed by atoms with Gasteiger partial charge in [-0.3, -0.25) is 14.9 Å². The minimum atomic E-state index is -1.00. The first-order valence-corrected chi connectivity index (χ1v) is 5.92. The number of hydrogen-bond acceptors (Lipinski definition) is 5. The molecule has 1 rings (SSSR count). The summed E-state index contributed by atoms with van der Waals surface area (Å²) in [5.41, 5.74) is 0.448. The van der Waals surface area contributed by atoms with Crippen molar-refractivity contribution in [1.82, 2.24) is 5.32 Å². The van der Waals surface area contributed by atoms with Crippen LogP contribution in [0.2, 0.25) is 0 Å². The molecule has 7 heteroatoms. The summed E-state index contributed by atoms with van der Waals surface area (Å²) in [6.07, 6.45) is -1.06. The van der Waals surface area contributed by atoms with Crippen molar-refractivity contribution in [3.8, 4) is 5.75 Å². The normalized spacial score (nSPS) is 9.65. The lowest BCUT2D eigenvalue weighted by Crippen LogP contribution is -2.34. The molecule has 0 radical (unpaired) electrons. The van der Waals surface area contributed by atoms with Crippen LogP contribution >= 0.6 is 0 Å². The van der Waals surface area contributed by atoms with Gasteiger partial charge in [-0.05, 0) is 13.0 Å². The molecule has 1 aromatic rings. The number of imide groups is 1. The minimum Gasteiger partial charge on any atom is -0.483 e. The number of rotatable bonds is 6. The Morgan fingerprint density at radius 1 is 1.25 bits per heavy atom. The molecule has 1 aromatic carbocycles. The third-order valence-electron chi connectivity index (χ3n) is 2.19. The Morgan fingerprint density at radius 2 is 1.95 bits per heavy atom. The first-order valence-electron chi connectivity index (χ1n) is 5.92. The van der Waals surface area contributed by atoms with Gasteiger partial charge in [0.15, 0.2) is 6.61 Å². The summed E-state index contributed by atoms with van der Waals surface area (Å²) < 4.78 is 9.73. The molecule has 0 spiro atoms. The zero-order valence-corrected chi connectivity index (χ0v) is 10.9. The van der Waals surface area contributed by atoms with Crippen LogP contribution in [-0.4, -0.2) is 36.3 Å². The Labute approximate surface area is 115 Å². The maximum atomic E-state index is 11.4. The van der Waals surface area contributed by atoms with Crippen LogP contribution in [-0.2, 0) is 20.7 Å². The number of carboxylic acids is 1. The fourth-order valence-corrected chi connectivity index (χ4v) is 1.41. The summed E-state index contributed by atoms with van der Waals surface area (Å²) in [6.45, 7) is 1.36. The number of para-hydroxylation sites is 1. The molecule has 0 atom stereocenters. The molecule has 0 fully saturated rings. The molecule has 0 aliphatic heterocycles. The van der Waals surface area contributed by atoms with Gasteiger partial charge in [0.05, 0.1) is 13.0 Å². The molecular weight excluding hydrogens is 266 g/mol. The standard InChI is InChI=1S/C13H15NO6/c1-2-19-13(18)14-11(15)8-20-10-6-4-3-5-9(10)7-12(16)17/h3-6H,2,7-8H2,1H3,(H,16,17)(H,14,15,18). The van der Waals surface area contributed by atoms with Gasteiger partial charge in [0.2, 0.25) is 0 Å². The van der Waals surface area contributed by atoms with Crippen LogP contribution in [0.1, 0.15) is 12.5 Å². The second-order valence-corrected chi connectivity index (χ2v) is 3.74. The number of carbonyl (C=O) groups is 3. The molecule has 108 valence electrons. The number of carbonyl (C=O) groups excluding carboxylic acids is 2. The lowest BCUT2D eigenvalue weighted by molar-refractivity contribution is -0.136. The van der Waals surface area contributed by atoms with E-state index in [2.05, 4.69) is 4.74 Å². The monoisotopic (exact) mass is 281 g/mol. The van der Waals surface area contributed by atoms with E-state index in [-0.39, 0.29) is 18.8 Å². The fourth-order valence-electron chi connectivity index (χ4n) is 1.41. The van der Waals surface area contributed by atoms with E-state index in [4.69, 9.17) is 9.84 Å². The first kappa shape index (κ1) is 15.5. The van der Waals surface area contributed by atoms with Crippen molar-refractivity contribution in [2.45, 2.75) is 13.3 Å². The van der Waals surface area contributed by atoms with Gasteiger partial charge in [-0.15, -0.1) is 0 Å². The number of benzene rings is 1. The van der Waals surface area contributed by atoms with Crippen LogP contribution in [0.25, 0.3) is 0 Å². The predicted octanol–water partition coefficient (Wildman–Crippen LogP) is 0.965. The van der Waals surface area contributed by atoms with Crippen molar-refractivity contribution in [2.24, 2.45) is 0 Å². The molecule has 0 saturated carbocycles. The van der Waals surface area contributed by atoms with Crippen molar-refractivity contribution >= 4 is 18.0 Å². The van der Waals surface area contributed by atoms with Crippen LogP contribution in [0, 0.1) is 0 Å². The number of amides is 2. The van der Waals surface area contributed by atoms with Gasteiger partial charge in [-0.25, -0.2) is 4.79 Å². The maximum Gasteiger partial charge on any atom is 0.413 e. The van der Waals surface area contributed by atoms with E-state index in [1.165, 1.54) is 0 Å². The third kappa shape index (κ3) is 5.38. The van der Waals surface area contributed by atoms with Gasteiger partial charge in [0.25, 0.3) is 5.91 Å². The molecule has 0 bridgehead atoms. The highest BCUT2D eigenvalue weighted by molar-refractivity contribution is 5.92. The highest BCUT2D eigenvalue weighted by Gasteiger charge is 2.11. The Balaban J connectivity index is 2.55. The highest BCUT2D eigenvalue weighted by Crippen LogP contribution is 2.18. The van der Waals surface area contributed by atoms with Gasteiger partial charge >= 0.3 is 12.1 Å². The van der Waals surface area contributed by atoms with Crippen molar-refractivity contribution < 1.29 is 29.0 Å². The molecule has 0 heterocycles. The summed E-state index contributed by atoms with van der Waals surface area (Å²) in [5, 5.41) is 10.7. The number of alkyl carbamates (subject to hydrolysis) is 1. The Morgan fingerprint density at radius 3 is 2.60 bits per heavy atom. The van der Waals surface area contributed by atoms with E-state index in [1.807, 2.05) is 5.32 Å². The van der Waals surface area contributed by atoms with Gasteiger partial charge in [-0.2, -0.15) is 0 Å². The lowest BCUT2D eigenvalue weighted by atomic mass is 10.1. The molecule has 0 saturated heterocycles. The van der Waals surface area contributed by atoms with Crippen molar-refractivity contribution in [1.29, 1.82) is 0 Å². The zero-order valence-electron chi connectivity index (χ0n) is 10.9. The van der Waals surface area contributed by atoms with E-state index >= 15 is 0 Å². The van der Waals surface area contributed by atoms with Crippen LogP contribution in [0.3, 0.4) is 0 Å². The molecule has 2 N–H and O–H groups in total. The van der Waals surface area contributed by atoms with Gasteiger partial charge in [0.1, 0.15) is 5.75 Å². The summed E-state index contributed by atoms with van der Waals surface area (Å²) in [6, 6.07) is 6.47. The summed E-state index contributed by atoms with van der Waals surface area (Å²) >= 11 is 0. The first-order chi connectivity index (χ1) is 9.52. The smallest absolute Gasteiger partial charge is 0.413 e.